The number of primary amides is 1. The Labute approximate surface area is 72.1 Å². The minimum absolute atomic E-state index is 0.0613. The van der Waals surface area contributed by atoms with Crippen molar-refractivity contribution < 1.29 is 9.90 Å². The number of aliphatic hydroxyl groups is 1. The number of carbonyl (C=O) groups excluding carboxylic acids is 1. The molecule has 0 aliphatic heterocycles. The zero-order valence-corrected chi connectivity index (χ0v) is 7.12. The third kappa shape index (κ3) is 2.79. The van der Waals surface area contributed by atoms with Crippen LogP contribution in [0, 0.1) is 0 Å². The molecule has 1 rings (SSSR count). The molecule has 2 atom stereocenters. The summed E-state index contributed by atoms with van der Waals surface area (Å²) in [7, 11) is 0. The molecule has 12 heavy (non-hydrogen) atoms. The van der Waals surface area contributed by atoms with Crippen molar-refractivity contribution in [3.8, 4) is 0 Å². The van der Waals surface area contributed by atoms with Crippen LogP contribution in [0.25, 0.3) is 0 Å². The third-order valence-corrected chi connectivity index (χ3v) is 2.27. The lowest BCUT2D eigenvalue weighted by Gasteiger charge is -2.27. The molecule has 1 aliphatic carbocycles. The second kappa shape index (κ2) is 4.42. The number of nitrogens with two attached hydrogens (primary N) is 1. The second-order valence-corrected chi connectivity index (χ2v) is 3.31. The molecule has 0 aromatic rings. The molecule has 70 valence electrons. The molecule has 4 heteroatoms. The first-order valence-corrected chi connectivity index (χ1v) is 4.40. The minimum atomic E-state index is -0.368. The van der Waals surface area contributed by atoms with Crippen molar-refractivity contribution in [2.24, 2.45) is 5.73 Å². The van der Waals surface area contributed by atoms with E-state index in [-0.39, 0.29) is 24.6 Å². The van der Waals surface area contributed by atoms with E-state index in [9.17, 15) is 9.90 Å². The van der Waals surface area contributed by atoms with Gasteiger partial charge >= 0.3 is 0 Å². The zero-order valence-electron chi connectivity index (χ0n) is 7.12. The van der Waals surface area contributed by atoms with Gasteiger partial charge in [-0.2, -0.15) is 0 Å². The van der Waals surface area contributed by atoms with E-state index in [1.54, 1.807) is 0 Å². The van der Waals surface area contributed by atoms with Gasteiger partial charge in [0.1, 0.15) is 0 Å². The third-order valence-electron chi connectivity index (χ3n) is 2.27. The summed E-state index contributed by atoms with van der Waals surface area (Å²) in [6.45, 7) is 0.168. The molecular weight excluding hydrogens is 156 g/mol. The monoisotopic (exact) mass is 172 g/mol. The molecule has 4 N–H and O–H groups in total. The van der Waals surface area contributed by atoms with Gasteiger partial charge in [-0.15, -0.1) is 0 Å². The average Bonchev–Trinajstić information content (AvgIpc) is 2.03. The van der Waals surface area contributed by atoms with Crippen molar-refractivity contribution >= 4 is 5.91 Å². The van der Waals surface area contributed by atoms with Crippen LogP contribution in [0.3, 0.4) is 0 Å². The molecule has 0 heterocycles. The highest BCUT2D eigenvalue weighted by Gasteiger charge is 2.22. The Hall–Kier alpha value is -0.610. The summed E-state index contributed by atoms with van der Waals surface area (Å²) in [5.41, 5.74) is 4.97. The number of aliphatic hydroxyl groups excluding tert-OH is 1. The number of carbonyl (C=O) groups is 1. The maximum absolute atomic E-state index is 10.4. The standard InChI is InChI=1S/C8H16N2O2/c9-8(12)5-10-6-3-1-2-4-7(6)11/h6-7,10-11H,1-5H2,(H2,9,12)/t6-,7-/m1/s1. The summed E-state index contributed by atoms with van der Waals surface area (Å²) >= 11 is 0. The van der Waals surface area contributed by atoms with Crippen LogP contribution in [-0.4, -0.2) is 29.7 Å². The summed E-state index contributed by atoms with van der Waals surface area (Å²) in [4.78, 5) is 10.4. The summed E-state index contributed by atoms with van der Waals surface area (Å²) in [6.07, 6.45) is 3.66. The Balaban J connectivity index is 2.24. The lowest BCUT2D eigenvalue weighted by Crippen LogP contribution is -2.45. The topological polar surface area (TPSA) is 75.4 Å². The van der Waals surface area contributed by atoms with Gasteiger partial charge in [0.2, 0.25) is 5.91 Å². The number of hydrogen-bond donors (Lipinski definition) is 3. The normalized spacial score (nSPS) is 30.1. The molecule has 0 aromatic carbocycles. The van der Waals surface area contributed by atoms with Gasteiger partial charge < -0.3 is 16.2 Å². The van der Waals surface area contributed by atoms with Crippen molar-refractivity contribution in [3.63, 3.8) is 0 Å². The van der Waals surface area contributed by atoms with Gasteiger partial charge in [0.25, 0.3) is 0 Å². The van der Waals surface area contributed by atoms with Crippen LogP contribution in [0.5, 0.6) is 0 Å². The summed E-state index contributed by atoms with van der Waals surface area (Å²) in [5.74, 6) is -0.368. The van der Waals surface area contributed by atoms with Gasteiger partial charge in [0.15, 0.2) is 0 Å². The maximum Gasteiger partial charge on any atom is 0.231 e. The molecule has 0 aromatic heterocycles. The lowest BCUT2D eigenvalue weighted by atomic mass is 9.93. The Morgan fingerprint density at radius 2 is 2.17 bits per heavy atom. The van der Waals surface area contributed by atoms with Crippen LogP contribution < -0.4 is 11.1 Å². The Morgan fingerprint density at radius 1 is 1.50 bits per heavy atom. The highest BCUT2D eigenvalue weighted by atomic mass is 16.3. The number of nitrogens with one attached hydrogen (secondary N) is 1. The van der Waals surface area contributed by atoms with Gasteiger partial charge in [0, 0.05) is 6.04 Å². The largest absolute Gasteiger partial charge is 0.392 e. The first-order chi connectivity index (χ1) is 5.70. The lowest BCUT2D eigenvalue weighted by molar-refractivity contribution is -0.117. The predicted octanol–water partition coefficient (Wildman–Crippen LogP) is -0.635. The first kappa shape index (κ1) is 9.48. The molecule has 4 nitrogen and oxygen atoms in total. The molecule has 1 amide bonds. The molecule has 1 aliphatic rings. The highest BCUT2D eigenvalue weighted by Crippen LogP contribution is 2.17. The maximum atomic E-state index is 10.4. The molecule has 0 bridgehead atoms. The van der Waals surface area contributed by atoms with E-state index in [1.165, 1.54) is 0 Å². The van der Waals surface area contributed by atoms with Crippen molar-refractivity contribution in [3.05, 3.63) is 0 Å². The van der Waals surface area contributed by atoms with E-state index in [4.69, 9.17) is 5.73 Å². The van der Waals surface area contributed by atoms with Gasteiger partial charge in [-0.25, -0.2) is 0 Å². The van der Waals surface area contributed by atoms with Crippen LogP contribution >= 0.6 is 0 Å². The molecule has 0 unspecified atom stereocenters. The van der Waals surface area contributed by atoms with Crippen LogP contribution in [-0.2, 0) is 4.79 Å². The predicted molar refractivity (Wildman–Crippen MR) is 45.5 cm³/mol. The van der Waals surface area contributed by atoms with Gasteiger partial charge in [0.05, 0.1) is 12.6 Å². The molecule has 1 fully saturated rings. The number of hydrogen-bond acceptors (Lipinski definition) is 3. The minimum Gasteiger partial charge on any atom is -0.392 e. The summed E-state index contributed by atoms with van der Waals surface area (Å²) < 4.78 is 0. The quantitative estimate of drug-likeness (QED) is 0.530. The fraction of sp³-hybridized carbons (Fsp3) is 0.875. The zero-order chi connectivity index (χ0) is 8.97. The average molecular weight is 172 g/mol. The Morgan fingerprint density at radius 3 is 2.75 bits per heavy atom. The van der Waals surface area contributed by atoms with E-state index in [0.29, 0.717) is 0 Å². The number of rotatable bonds is 3. The number of amides is 1. The smallest absolute Gasteiger partial charge is 0.231 e. The molecule has 1 saturated carbocycles. The fourth-order valence-corrected chi connectivity index (χ4v) is 1.58. The van der Waals surface area contributed by atoms with Gasteiger partial charge in [-0.05, 0) is 12.8 Å². The second-order valence-electron chi connectivity index (χ2n) is 3.31. The first-order valence-electron chi connectivity index (χ1n) is 4.40. The molecule has 0 spiro atoms. The molecule has 0 saturated heterocycles. The van der Waals surface area contributed by atoms with Crippen molar-refractivity contribution in [1.29, 1.82) is 0 Å². The van der Waals surface area contributed by atoms with E-state index in [2.05, 4.69) is 5.32 Å². The highest BCUT2D eigenvalue weighted by molar-refractivity contribution is 5.75. The fourth-order valence-electron chi connectivity index (χ4n) is 1.58. The van der Waals surface area contributed by atoms with Crippen molar-refractivity contribution in [2.45, 2.75) is 37.8 Å². The summed E-state index contributed by atoms with van der Waals surface area (Å²) in [6, 6.07) is 0.0613. The van der Waals surface area contributed by atoms with Crippen LogP contribution in [0.15, 0.2) is 0 Å². The van der Waals surface area contributed by atoms with Crippen molar-refractivity contribution in [1.82, 2.24) is 5.32 Å². The molecular formula is C8H16N2O2. The SMILES string of the molecule is NC(=O)CN[C@@H]1CCCC[C@H]1O. The van der Waals surface area contributed by atoms with Crippen LogP contribution in [0.1, 0.15) is 25.7 Å². The van der Waals surface area contributed by atoms with E-state index >= 15 is 0 Å². The molecule has 0 radical (unpaired) electrons. The van der Waals surface area contributed by atoms with E-state index in [1.807, 2.05) is 0 Å². The van der Waals surface area contributed by atoms with Gasteiger partial charge in [-0.1, -0.05) is 12.8 Å². The summed E-state index contributed by atoms with van der Waals surface area (Å²) in [5, 5.41) is 12.4. The van der Waals surface area contributed by atoms with E-state index < -0.39 is 0 Å². The van der Waals surface area contributed by atoms with Crippen LogP contribution in [0.4, 0.5) is 0 Å². The van der Waals surface area contributed by atoms with Crippen LogP contribution in [0.2, 0.25) is 0 Å². The van der Waals surface area contributed by atoms with E-state index in [0.717, 1.165) is 25.7 Å². The van der Waals surface area contributed by atoms with Gasteiger partial charge in [-0.3, -0.25) is 4.79 Å². The Bertz CT molecular complexity index is 161. The van der Waals surface area contributed by atoms with Crippen molar-refractivity contribution in [2.75, 3.05) is 6.54 Å². The Kier molecular flexibility index (Phi) is 3.49.